The van der Waals surface area contributed by atoms with Gasteiger partial charge in [0.15, 0.2) is 0 Å². The summed E-state index contributed by atoms with van der Waals surface area (Å²) in [5.41, 5.74) is 1.88. The van der Waals surface area contributed by atoms with E-state index in [0.29, 0.717) is 32.6 Å². The standard InChI is InChI=1S/C27H35N3O6/c1-35-24-12-10-21(11-13-24)16-28-25(32)18-29-14-15-30(17-23(29)19-31)26(33)8-5-9-27(34)36-20-22-6-3-2-4-7-22/h2-4,6-7,10-13,23,31H,5,8-9,14-20H2,1H3,(H,28,32). The minimum Gasteiger partial charge on any atom is -0.497 e. The normalized spacial score (nSPS) is 15.8. The van der Waals surface area contributed by atoms with Crippen LogP contribution in [0.4, 0.5) is 0 Å². The lowest BCUT2D eigenvalue weighted by atomic mass is 10.1. The molecule has 1 aliphatic heterocycles. The topological polar surface area (TPSA) is 108 Å². The second-order valence-electron chi connectivity index (χ2n) is 8.77. The van der Waals surface area contributed by atoms with Crippen LogP contribution in [0, 0.1) is 0 Å². The average molecular weight is 498 g/mol. The summed E-state index contributed by atoms with van der Waals surface area (Å²) >= 11 is 0. The number of nitrogens with zero attached hydrogens (tertiary/aromatic N) is 2. The second kappa shape index (κ2) is 14.2. The molecule has 0 saturated carbocycles. The number of nitrogens with one attached hydrogen (secondary N) is 1. The summed E-state index contributed by atoms with van der Waals surface area (Å²) in [6.45, 7) is 1.93. The Hall–Kier alpha value is -3.43. The Bertz CT molecular complexity index is 983. The van der Waals surface area contributed by atoms with Gasteiger partial charge in [0, 0.05) is 39.0 Å². The maximum absolute atomic E-state index is 12.6. The molecule has 36 heavy (non-hydrogen) atoms. The molecule has 1 aliphatic rings. The fourth-order valence-corrected chi connectivity index (χ4v) is 4.04. The average Bonchev–Trinajstić information content (AvgIpc) is 2.91. The van der Waals surface area contributed by atoms with Crippen molar-refractivity contribution in [2.24, 2.45) is 0 Å². The van der Waals surface area contributed by atoms with Crippen molar-refractivity contribution >= 4 is 17.8 Å². The minimum atomic E-state index is -0.328. The quantitative estimate of drug-likeness (QED) is 0.430. The SMILES string of the molecule is COc1ccc(CNC(=O)CN2CCN(C(=O)CCCC(=O)OCc3ccccc3)CC2CO)cc1. The van der Waals surface area contributed by atoms with Gasteiger partial charge in [-0.15, -0.1) is 0 Å². The number of methoxy groups -OCH3 is 1. The van der Waals surface area contributed by atoms with Crippen LogP contribution >= 0.6 is 0 Å². The molecule has 2 N–H and O–H groups in total. The Morgan fingerprint density at radius 2 is 1.75 bits per heavy atom. The number of hydrogen-bond donors (Lipinski definition) is 2. The van der Waals surface area contributed by atoms with Gasteiger partial charge in [-0.25, -0.2) is 0 Å². The van der Waals surface area contributed by atoms with Crippen LogP contribution < -0.4 is 10.1 Å². The maximum atomic E-state index is 12.6. The summed E-state index contributed by atoms with van der Waals surface area (Å²) in [6, 6.07) is 16.6. The lowest BCUT2D eigenvalue weighted by molar-refractivity contribution is -0.145. The molecule has 3 rings (SSSR count). The fraction of sp³-hybridized carbons (Fsp3) is 0.444. The Morgan fingerprint density at radius 3 is 2.44 bits per heavy atom. The van der Waals surface area contributed by atoms with E-state index >= 15 is 0 Å². The zero-order valence-electron chi connectivity index (χ0n) is 20.7. The van der Waals surface area contributed by atoms with Crippen molar-refractivity contribution in [3.05, 3.63) is 65.7 Å². The van der Waals surface area contributed by atoms with Gasteiger partial charge in [-0.05, 0) is 29.7 Å². The first-order valence-corrected chi connectivity index (χ1v) is 12.2. The van der Waals surface area contributed by atoms with Crippen molar-refractivity contribution in [2.75, 3.05) is 39.9 Å². The van der Waals surface area contributed by atoms with Crippen LogP contribution in [-0.4, -0.2) is 78.6 Å². The highest BCUT2D eigenvalue weighted by molar-refractivity contribution is 5.79. The Morgan fingerprint density at radius 1 is 1.00 bits per heavy atom. The van der Waals surface area contributed by atoms with Crippen LogP contribution in [0.3, 0.4) is 0 Å². The lowest BCUT2D eigenvalue weighted by Crippen LogP contribution is -2.57. The van der Waals surface area contributed by atoms with E-state index in [1.54, 1.807) is 12.0 Å². The summed E-state index contributed by atoms with van der Waals surface area (Å²) in [5.74, 6) is 0.225. The largest absolute Gasteiger partial charge is 0.497 e. The summed E-state index contributed by atoms with van der Waals surface area (Å²) in [7, 11) is 1.60. The van der Waals surface area contributed by atoms with Gasteiger partial charge in [0.05, 0.1) is 26.3 Å². The molecule has 1 saturated heterocycles. The molecule has 2 aromatic rings. The van der Waals surface area contributed by atoms with Gasteiger partial charge in [-0.1, -0.05) is 42.5 Å². The number of aliphatic hydroxyl groups is 1. The van der Waals surface area contributed by atoms with Crippen LogP contribution in [0.5, 0.6) is 5.75 Å². The molecule has 1 unspecified atom stereocenters. The molecule has 0 aromatic heterocycles. The van der Waals surface area contributed by atoms with Crippen molar-refractivity contribution in [1.82, 2.24) is 15.1 Å². The van der Waals surface area contributed by atoms with Gasteiger partial charge in [-0.3, -0.25) is 19.3 Å². The van der Waals surface area contributed by atoms with E-state index in [4.69, 9.17) is 9.47 Å². The highest BCUT2D eigenvalue weighted by Crippen LogP contribution is 2.13. The summed E-state index contributed by atoms with van der Waals surface area (Å²) < 4.78 is 10.4. The van der Waals surface area contributed by atoms with E-state index in [2.05, 4.69) is 5.32 Å². The van der Waals surface area contributed by atoms with Crippen LogP contribution in [0.2, 0.25) is 0 Å². The van der Waals surface area contributed by atoms with Crippen LogP contribution in [0.15, 0.2) is 54.6 Å². The van der Waals surface area contributed by atoms with Crippen molar-refractivity contribution in [3.8, 4) is 5.75 Å². The molecule has 1 heterocycles. The highest BCUT2D eigenvalue weighted by atomic mass is 16.5. The fourth-order valence-electron chi connectivity index (χ4n) is 4.04. The molecule has 1 atom stereocenters. The van der Waals surface area contributed by atoms with E-state index in [1.165, 1.54) is 0 Å². The van der Waals surface area contributed by atoms with Crippen molar-refractivity contribution in [2.45, 2.75) is 38.5 Å². The Labute approximate surface area is 212 Å². The molecule has 194 valence electrons. The first-order chi connectivity index (χ1) is 17.5. The number of amides is 2. The van der Waals surface area contributed by atoms with Gasteiger partial charge in [0.1, 0.15) is 12.4 Å². The monoisotopic (exact) mass is 497 g/mol. The van der Waals surface area contributed by atoms with E-state index < -0.39 is 0 Å². The van der Waals surface area contributed by atoms with E-state index in [0.717, 1.165) is 16.9 Å². The molecule has 9 nitrogen and oxygen atoms in total. The molecule has 2 amide bonds. The molecule has 2 aromatic carbocycles. The smallest absolute Gasteiger partial charge is 0.306 e. The summed E-state index contributed by atoms with van der Waals surface area (Å²) in [5, 5.41) is 12.7. The molecule has 0 radical (unpaired) electrons. The number of rotatable bonds is 12. The highest BCUT2D eigenvalue weighted by Gasteiger charge is 2.30. The zero-order chi connectivity index (χ0) is 25.8. The molecule has 0 aliphatic carbocycles. The number of carbonyl (C=O) groups excluding carboxylic acids is 3. The predicted molar refractivity (Wildman–Crippen MR) is 134 cm³/mol. The van der Waals surface area contributed by atoms with Gasteiger partial charge in [0.2, 0.25) is 11.8 Å². The van der Waals surface area contributed by atoms with Gasteiger partial charge >= 0.3 is 5.97 Å². The third-order valence-corrected chi connectivity index (χ3v) is 6.18. The number of benzene rings is 2. The van der Waals surface area contributed by atoms with Gasteiger partial charge < -0.3 is 24.8 Å². The molecular weight excluding hydrogens is 462 g/mol. The molecule has 9 heteroatoms. The summed E-state index contributed by atoms with van der Waals surface area (Å²) in [4.78, 5) is 40.6. The third kappa shape index (κ3) is 8.66. The number of carbonyl (C=O) groups is 3. The molecule has 0 spiro atoms. The van der Waals surface area contributed by atoms with E-state index in [-0.39, 0.29) is 56.4 Å². The second-order valence-corrected chi connectivity index (χ2v) is 8.77. The van der Waals surface area contributed by atoms with Crippen molar-refractivity contribution < 1.29 is 29.0 Å². The predicted octanol–water partition coefficient (Wildman–Crippen LogP) is 1.73. The maximum Gasteiger partial charge on any atom is 0.306 e. The van der Waals surface area contributed by atoms with Gasteiger partial charge in [-0.2, -0.15) is 0 Å². The third-order valence-electron chi connectivity index (χ3n) is 6.18. The van der Waals surface area contributed by atoms with E-state index in [9.17, 15) is 19.5 Å². The molecule has 0 bridgehead atoms. The number of esters is 1. The zero-order valence-corrected chi connectivity index (χ0v) is 20.7. The number of ether oxygens (including phenoxy) is 2. The van der Waals surface area contributed by atoms with Crippen LogP contribution in [0.25, 0.3) is 0 Å². The number of hydrogen-bond acceptors (Lipinski definition) is 7. The summed E-state index contributed by atoms with van der Waals surface area (Å²) in [6.07, 6.45) is 0.821. The van der Waals surface area contributed by atoms with E-state index in [1.807, 2.05) is 59.5 Å². The van der Waals surface area contributed by atoms with Crippen LogP contribution in [0.1, 0.15) is 30.4 Å². The number of piperazine rings is 1. The van der Waals surface area contributed by atoms with Crippen LogP contribution in [-0.2, 0) is 32.3 Å². The van der Waals surface area contributed by atoms with Gasteiger partial charge in [0.25, 0.3) is 0 Å². The minimum absolute atomic E-state index is 0.0621. The molecular formula is C27H35N3O6. The molecule has 1 fully saturated rings. The Balaban J connectivity index is 1.35. The van der Waals surface area contributed by atoms with Crippen molar-refractivity contribution in [1.29, 1.82) is 0 Å². The first kappa shape index (κ1) is 27.2. The number of aliphatic hydroxyl groups excluding tert-OH is 1. The Kier molecular flexibility index (Phi) is 10.7. The first-order valence-electron chi connectivity index (χ1n) is 12.2. The van der Waals surface area contributed by atoms with Crippen molar-refractivity contribution in [3.63, 3.8) is 0 Å². The lowest BCUT2D eigenvalue weighted by Gasteiger charge is -2.40.